The minimum Gasteiger partial charge on any atom is -0.357 e. The van der Waals surface area contributed by atoms with E-state index in [0.29, 0.717) is 12.1 Å². The van der Waals surface area contributed by atoms with Crippen molar-refractivity contribution in [3.8, 4) is 0 Å². The summed E-state index contributed by atoms with van der Waals surface area (Å²) in [4.78, 5) is 12.7. The minimum atomic E-state index is 0. The first-order valence-electron chi connectivity index (χ1n) is 12.0. The zero-order valence-electron chi connectivity index (χ0n) is 19.7. The summed E-state index contributed by atoms with van der Waals surface area (Å²) in [6.07, 6.45) is 2.61. The van der Waals surface area contributed by atoms with Gasteiger partial charge in [-0.15, -0.1) is 24.0 Å². The summed E-state index contributed by atoms with van der Waals surface area (Å²) < 4.78 is 0. The Hall–Kier alpha value is -0.900. The number of hydrogen-bond donors (Lipinski definition) is 2. The van der Waals surface area contributed by atoms with Crippen LogP contribution in [0.5, 0.6) is 0 Å². The van der Waals surface area contributed by atoms with E-state index in [0.717, 1.165) is 45.2 Å². The van der Waals surface area contributed by atoms with Crippen molar-refractivity contribution in [3.63, 3.8) is 0 Å². The number of piperazine rings is 1. The van der Waals surface area contributed by atoms with Crippen LogP contribution in [0.15, 0.2) is 35.3 Å². The lowest BCUT2D eigenvalue weighted by atomic mass is 10.1. The molecule has 2 unspecified atom stereocenters. The molecule has 6 nitrogen and oxygen atoms in total. The molecular weight excluding hydrogens is 499 g/mol. The monoisotopic (exact) mass is 542 g/mol. The summed E-state index contributed by atoms with van der Waals surface area (Å²) in [5, 5.41) is 7.09. The Bertz CT molecular complexity index is 626. The lowest BCUT2D eigenvalue weighted by Crippen LogP contribution is -2.50. The number of likely N-dealkylation sites (N-methyl/N-ethyl adjacent to an activating group) is 1. The highest BCUT2D eigenvalue weighted by atomic mass is 127. The fourth-order valence-corrected chi connectivity index (χ4v) is 4.58. The molecule has 0 bridgehead atoms. The molecule has 2 aliphatic heterocycles. The van der Waals surface area contributed by atoms with E-state index in [1.165, 1.54) is 44.6 Å². The molecule has 0 spiro atoms. The van der Waals surface area contributed by atoms with Crippen LogP contribution in [0.25, 0.3) is 0 Å². The fourth-order valence-electron chi connectivity index (χ4n) is 4.58. The van der Waals surface area contributed by atoms with Gasteiger partial charge in [0, 0.05) is 45.3 Å². The Morgan fingerprint density at radius 1 is 0.935 bits per heavy atom. The molecule has 2 heterocycles. The van der Waals surface area contributed by atoms with Crippen molar-refractivity contribution >= 4 is 29.9 Å². The fraction of sp³-hybridized carbons (Fsp3) is 0.708. The number of halogens is 1. The first-order chi connectivity index (χ1) is 14.7. The molecule has 176 valence electrons. The van der Waals surface area contributed by atoms with Gasteiger partial charge in [0.05, 0.1) is 12.6 Å². The first-order valence-corrected chi connectivity index (χ1v) is 12.0. The third kappa shape index (κ3) is 8.18. The summed E-state index contributed by atoms with van der Waals surface area (Å²) in [6, 6.07) is 11.8. The molecule has 0 aromatic heterocycles. The molecule has 2 fully saturated rings. The van der Waals surface area contributed by atoms with Gasteiger partial charge in [-0.1, -0.05) is 37.3 Å². The number of benzene rings is 1. The summed E-state index contributed by atoms with van der Waals surface area (Å²) in [5.41, 5.74) is 1.39. The molecule has 0 aliphatic carbocycles. The van der Waals surface area contributed by atoms with Gasteiger partial charge in [-0.05, 0) is 51.9 Å². The molecule has 0 saturated carbocycles. The summed E-state index contributed by atoms with van der Waals surface area (Å²) in [6.45, 7) is 17.5. The number of hydrogen-bond acceptors (Lipinski definition) is 4. The Labute approximate surface area is 206 Å². The van der Waals surface area contributed by atoms with Crippen molar-refractivity contribution in [1.82, 2.24) is 25.3 Å². The number of likely N-dealkylation sites (tertiary alicyclic amines) is 1. The standard InChI is InChI=1S/C24H42N6.HI/c1-4-25-24(26-19-21(3)29-17-15-28(5-2)16-18-29)27-20-23(30-13-9-10-14-30)22-11-7-6-8-12-22;/h6-8,11-12,21,23H,4-5,9-10,13-20H2,1-3H3,(H2,25,26,27);1H. The van der Waals surface area contributed by atoms with Gasteiger partial charge < -0.3 is 15.5 Å². The van der Waals surface area contributed by atoms with Crippen LogP contribution in [-0.2, 0) is 0 Å². The molecule has 2 N–H and O–H groups in total. The Morgan fingerprint density at radius 3 is 2.23 bits per heavy atom. The third-order valence-electron chi connectivity index (χ3n) is 6.56. The van der Waals surface area contributed by atoms with Crippen LogP contribution in [0, 0.1) is 0 Å². The van der Waals surface area contributed by atoms with Gasteiger partial charge in [0.25, 0.3) is 0 Å². The van der Waals surface area contributed by atoms with Crippen LogP contribution in [0.4, 0.5) is 0 Å². The van der Waals surface area contributed by atoms with E-state index < -0.39 is 0 Å². The highest BCUT2D eigenvalue weighted by Gasteiger charge is 2.24. The van der Waals surface area contributed by atoms with Gasteiger partial charge >= 0.3 is 0 Å². The molecule has 2 saturated heterocycles. The van der Waals surface area contributed by atoms with Crippen molar-refractivity contribution in [2.24, 2.45) is 4.99 Å². The molecule has 0 amide bonds. The number of nitrogens with zero attached hydrogens (tertiary/aromatic N) is 4. The smallest absolute Gasteiger partial charge is 0.191 e. The number of rotatable bonds is 9. The van der Waals surface area contributed by atoms with Gasteiger partial charge in [0.15, 0.2) is 5.96 Å². The van der Waals surface area contributed by atoms with Crippen LogP contribution in [-0.4, -0.2) is 92.1 Å². The van der Waals surface area contributed by atoms with E-state index in [1.807, 2.05) is 0 Å². The molecule has 31 heavy (non-hydrogen) atoms. The molecule has 2 atom stereocenters. The van der Waals surface area contributed by atoms with Gasteiger partial charge in [0.1, 0.15) is 0 Å². The Balaban J connectivity index is 0.00000341. The van der Waals surface area contributed by atoms with Gasteiger partial charge in [0.2, 0.25) is 0 Å². The second kappa shape index (κ2) is 14.3. The highest BCUT2D eigenvalue weighted by Crippen LogP contribution is 2.24. The average molecular weight is 543 g/mol. The van der Waals surface area contributed by atoms with E-state index in [2.05, 4.69) is 76.4 Å². The van der Waals surface area contributed by atoms with E-state index in [9.17, 15) is 0 Å². The summed E-state index contributed by atoms with van der Waals surface area (Å²) >= 11 is 0. The zero-order chi connectivity index (χ0) is 21.2. The number of aliphatic imine (C=N–C) groups is 1. The predicted molar refractivity (Wildman–Crippen MR) is 143 cm³/mol. The van der Waals surface area contributed by atoms with Crippen molar-refractivity contribution < 1.29 is 0 Å². The summed E-state index contributed by atoms with van der Waals surface area (Å²) in [7, 11) is 0. The maximum atomic E-state index is 4.94. The number of nitrogens with one attached hydrogen (secondary N) is 2. The topological polar surface area (TPSA) is 46.1 Å². The molecule has 1 aromatic rings. The Kier molecular flexibility index (Phi) is 12.1. The highest BCUT2D eigenvalue weighted by molar-refractivity contribution is 14.0. The lowest BCUT2D eigenvalue weighted by Gasteiger charge is -2.37. The van der Waals surface area contributed by atoms with Crippen LogP contribution in [0.2, 0.25) is 0 Å². The van der Waals surface area contributed by atoms with Gasteiger partial charge in [-0.2, -0.15) is 0 Å². The van der Waals surface area contributed by atoms with Crippen molar-refractivity contribution in [3.05, 3.63) is 35.9 Å². The SMILES string of the molecule is CCNC(=NCC(C)N1CCN(CC)CC1)NCC(c1ccccc1)N1CCCC1.I. The maximum Gasteiger partial charge on any atom is 0.191 e. The van der Waals surface area contributed by atoms with Gasteiger partial charge in [-0.3, -0.25) is 14.8 Å². The van der Waals surface area contributed by atoms with Crippen LogP contribution < -0.4 is 10.6 Å². The zero-order valence-corrected chi connectivity index (χ0v) is 22.1. The molecule has 1 aromatic carbocycles. The van der Waals surface area contributed by atoms with Crippen LogP contribution in [0.1, 0.15) is 45.2 Å². The van der Waals surface area contributed by atoms with Crippen LogP contribution >= 0.6 is 24.0 Å². The quantitative estimate of drug-likeness (QED) is 0.286. The van der Waals surface area contributed by atoms with Crippen molar-refractivity contribution in [2.75, 3.05) is 65.4 Å². The van der Waals surface area contributed by atoms with E-state index in [4.69, 9.17) is 4.99 Å². The van der Waals surface area contributed by atoms with Gasteiger partial charge in [-0.25, -0.2) is 0 Å². The van der Waals surface area contributed by atoms with Crippen molar-refractivity contribution in [2.45, 2.75) is 45.7 Å². The number of guanidine groups is 1. The van der Waals surface area contributed by atoms with E-state index in [-0.39, 0.29) is 24.0 Å². The normalized spacial score (nSPS) is 20.8. The van der Waals surface area contributed by atoms with E-state index in [1.54, 1.807) is 0 Å². The molecule has 3 rings (SSSR count). The largest absolute Gasteiger partial charge is 0.357 e. The van der Waals surface area contributed by atoms with Crippen molar-refractivity contribution in [1.29, 1.82) is 0 Å². The minimum absolute atomic E-state index is 0. The lowest BCUT2D eigenvalue weighted by molar-refractivity contribution is 0.109. The third-order valence-corrected chi connectivity index (χ3v) is 6.56. The average Bonchev–Trinajstić information content (AvgIpc) is 3.32. The maximum absolute atomic E-state index is 4.94. The molecule has 2 aliphatic rings. The van der Waals surface area contributed by atoms with E-state index >= 15 is 0 Å². The second-order valence-corrected chi connectivity index (χ2v) is 8.59. The molecule has 7 heteroatoms. The Morgan fingerprint density at radius 2 is 1.61 bits per heavy atom. The first kappa shape index (κ1) is 26.4. The van der Waals surface area contributed by atoms with Crippen LogP contribution in [0.3, 0.4) is 0 Å². The predicted octanol–water partition coefficient (Wildman–Crippen LogP) is 3.02. The molecule has 0 radical (unpaired) electrons. The summed E-state index contributed by atoms with van der Waals surface area (Å²) in [5.74, 6) is 0.941. The molecular formula is C24H43IN6. The second-order valence-electron chi connectivity index (χ2n) is 8.59.